The average Bonchev–Trinajstić information content (AvgIpc) is 1.86. The molecule has 2 nitrogen and oxygen atoms in total. The third-order valence-electron chi connectivity index (χ3n) is 1.48. The van der Waals surface area contributed by atoms with Crippen LogP contribution in [0.15, 0.2) is 0 Å². The van der Waals surface area contributed by atoms with Crippen LogP contribution >= 0.6 is 0 Å². The molecule has 1 unspecified atom stereocenters. The van der Waals surface area contributed by atoms with Gasteiger partial charge in [0.25, 0.3) is 5.92 Å². The lowest BCUT2D eigenvalue weighted by molar-refractivity contribution is -0.122. The van der Waals surface area contributed by atoms with Crippen LogP contribution in [0.3, 0.4) is 0 Å². The highest BCUT2D eigenvalue weighted by molar-refractivity contribution is 4.80. The molecule has 0 amide bonds. The number of nitrogens with one attached hydrogen (secondary N) is 1. The molecule has 0 aliphatic carbocycles. The lowest BCUT2D eigenvalue weighted by atomic mass is 10.0. The van der Waals surface area contributed by atoms with Gasteiger partial charge in [-0.3, -0.25) is 0 Å². The number of hydrogen-bond acceptors (Lipinski definition) is 2. The van der Waals surface area contributed by atoms with Crippen LogP contribution in [0.5, 0.6) is 0 Å². The van der Waals surface area contributed by atoms with Crippen LogP contribution in [-0.2, 0) is 0 Å². The third kappa shape index (κ3) is 3.12. The number of hydrogen-bond donors (Lipinski definition) is 2. The Bertz CT molecular complexity index is 117. The van der Waals surface area contributed by atoms with E-state index in [0.29, 0.717) is 0 Å². The maximum absolute atomic E-state index is 12.8. The number of aliphatic hydroxyl groups excluding tert-OH is 1. The van der Waals surface area contributed by atoms with E-state index in [2.05, 4.69) is 5.32 Å². The van der Waals surface area contributed by atoms with Gasteiger partial charge in [0.15, 0.2) is 0 Å². The molecule has 0 saturated carbocycles. The summed E-state index contributed by atoms with van der Waals surface area (Å²) in [6.45, 7) is 2.65. The van der Waals surface area contributed by atoms with E-state index >= 15 is 0 Å². The number of aliphatic hydroxyl groups is 1. The fourth-order valence-electron chi connectivity index (χ4n) is 0.828. The highest BCUT2D eigenvalue weighted by Crippen LogP contribution is 2.22. The first-order valence-electron chi connectivity index (χ1n) is 3.62. The zero-order valence-electron chi connectivity index (χ0n) is 7.06. The van der Waals surface area contributed by atoms with Gasteiger partial charge in [0.2, 0.25) is 0 Å². The van der Waals surface area contributed by atoms with Crippen LogP contribution in [0.2, 0.25) is 0 Å². The maximum atomic E-state index is 12.8. The van der Waals surface area contributed by atoms with E-state index in [4.69, 9.17) is 5.11 Å². The number of alkyl halides is 2. The van der Waals surface area contributed by atoms with Gasteiger partial charge in [-0.2, -0.15) is 0 Å². The van der Waals surface area contributed by atoms with Crippen LogP contribution < -0.4 is 5.32 Å². The molecule has 0 heterocycles. The van der Waals surface area contributed by atoms with E-state index in [-0.39, 0.29) is 0 Å². The Balaban J connectivity index is 4.05. The van der Waals surface area contributed by atoms with E-state index in [1.807, 2.05) is 0 Å². The second kappa shape index (κ2) is 3.97. The van der Waals surface area contributed by atoms with Crippen molar-refractivity contribution >= 4 is 0 Å². The quantitative estimate of drug-likeness (QED) is 0.650. The first kappa shape index (κ1) is 10.8. The van der Waals surface area contributed by atoms with Gasteiger partial charge < -0.3 is 10.4 Å². The van der Waals surface area contributed by atoms with Crippen LogP contribution in [0.25, 0.3) is 0 Å². The van der Waals surface area contributed by atoms with Crippen molar-refractivity contribution in [3.05, 3.63) is 0 Å². The van der Waals surface area contributed by atoms with Gasteiger partial charge in [-0.25, -0.2) is 8.78 Å². The molecule has 2 N–H and O–H groups in total. The van der Waals surface area contributed by atoms with Crippen LogP contribution in [0.1, 0.15) is 13.8 Å². The molecule has 0 aromatic rings. The van der Waals surface area contributed by atoms with Crippen molar-refractivity contribution in [3.8, 4) is 0 Å². The molecule has 0 bridgehead atoms. The van der Waals surface area contributed by atoms with E-state index < -0.39 is 24.5 Å². The molecule has 0 aromatic heterocycles. The molecule has 1 atom stereocenters. The van der Waals surface area contributed by atoms with Crippen molar-refractivity contribution in [1.82, 2.24) is 5.32 Å². The largest absolute Gasteiger partial charge is 0.387 e. The molecule has 0 spiro atoms. The summed E-state index contributed by atoms with van der Waals surface area (Å²) in [6.07, 6.45) is -1.56. The summed E-state index contributed by atoms with van der Waals surface area (Å²) in [4.78, 5) is 0. The van der Waals surface area contributed by atoms with Crippen molar-refractivity contribution in [2.45, 2.75) is 25.9 Å². The fraction of sp³-hybridized carbons (Fsp3) is 1.00. The van der Waals surface area contributed by atoms with Crippen molar-refractivity contribution in [2.24, 2.45) is 5.92 Å². The fourth-order valence-corrected chi connectivity index (χ4v) is 0.828. The first-order valence-corrected chi connectivity index (χ1v) is 3.62. The number of halogens is 2. The zero-order chi connectivity index (χ0) is 9.07. The Kier molecular flexibility index (Phi) is 3.89. The summed E-state index contributed by atoms with van der Waals surface area (Å²) in [7, 11) is 1.43. The van der Waals surface area contributed by atoms with Gasteiger partial charge in [0.05, 0.1) is 6.54 Å². The first-order chi connectivity index (χ1) is 4.91. The van der Waals surface area contributed by atoms with Crippen molar-refractivity contribution in [3.63, 3.8) is 0 Å². The summed E-state index contributed by atoms with van der Waals surface area (Å²) in [5.41, 5.74) is 0. The molecule has 0 rings (SSSR count). The van der Waals surface area contributed by atoms with Crippen LogP contribution in [0.4, 0.5) is 8.78 Å². The molecule has 11 heavy (non-hydrogen) atoms. The van der Waals surface area contributed by atoms with Crippen molar-refractivity contribution in [1.29, 1.82) is 0 Å². The lowest BCUT2D eigenvalue weighted by Crippen LogP contribution is -2.44. The maximum Gasteiger partial charge on any atom is 0.285 e. The molecule has 4 heteroatoms. The highest BCUT2D eigenvalue weighted by atomic mass is 19.3. The topological polar surface area (TPSA) is 32.3 Å². The summed E-state index contributed by atoms with van der Waals surface area (Å²) in [5.74, 6) is -3.44. The second-order valence-electron chi connectivity index (χ2n) is 2.98. The van der Waals surface area contributed by atoms with E-state index in [1.165, 1.54) is 7.05 Å². The Labute approximate surface area is 65.6 Å². The molecule has 0 radical (unpaired) electrons. The van der Waals surface area contributed by atoms with E-state index in [1.54, 1.807) is 13.8 Å². The zero-order valence-corrected chi connectivity index (χ0v) is 7.06. The molecule has 0 fully saturated rings. The molecule has 0 aromatic carbocycles. The predicted molar refractivity (Wildman–Crippen MR) is 39.7 cm³/mol. The monoisotopic (exact) mass is 167 g/mol. The minimum absolute atomic E-state index is 0.418. The van der Waals surface area contributed by atoms with E-state index in [0.717, 1.165) is 0 Å². The molecule has 0 saturated heterocycles. The predicted octanol–water partition coefficient (Wildman–Crippen LogP) is 0.858. The molecule has 68 valence electrons. The molecular formula is C7H15F2NO. The van der Waals surface area contributed by atoms with Gasteiger partial charge in [-0.1, -0.05) is 13.8 Å². The Morgan fingerprint density at radius 1 is 1.45 bits per heavy atom. The van der Waals surface area contributed by atoms with Crippen molar-refractivity contribution < 1.29 is 13.9 Å². The highest BCUT2D eigenvalue weighted by Gasteiger charge is 2.39. The minimum Gasteiger partial charge on any atom is -0.387 e. The van der Waals surface area contributed by atoms with Gasteiger partial charge in [0, 0.05) is 0 Å². The molecular weight excluding hydrogens is 152 g/mol. The SMILES string of the molecule is CNCC(F)(F)C(O)C(C)C. The smallest absolute Gasteiger partial charge is 0.285 e. The molecule has 0 aliphatic rings. The van der Waals surface area contributed by atoms with E-state index in [9.17, 15) is 8.78 Å². The summed E-state index contributed by atoms with van der Waals surface area (Å²) in [6, 6.07) is 0. The third-order valence-corrected chi connectivity index (χ3v) is 1.48. The summed E-state index contributed by atoms with van der Waals surface area (Å²) in [5, 5.41) is 11.3. The van der Waals surface area contributed by atoms with Crippen LogP contribution in [-0.4, -0.2) is 30.7 Å². The summed E-state index contributed by atoms with van der Waals surface area (Å²) >= 11 is 0. The standard InChI is InChI=1S/C7H15F2NO/c1-5(2)6(11)7(8,9)4-10-3/h5-6,10-11H,4H2,1-3H3. The summed E-state index contributed by atoms with van der Waals surface area (Å²) < 4.78 is 25.5. The minimum atomic E-state index is -3.02. The van der Waals surface area contributed by atoms with Gasteiger partial charge in [-0.05, 0) is 13.0 Å². The normalized spacial score (nSPS) is 15.5. The Morgan fingerprint density at radius 2 is 1.91 bits per heavy atom. The van der Waals surface area contributed by atoms with Gasteiger partial charge >= 0.3 is 0 Å². The lowest BCUT2D eigenvalue weighted by Gasteiger charge is -2.24. The van der Waals surface area contributed by atoms with Gasteiger partial charge in [0.1, 0.15) is 6.10 Å². The number of rotatable bonds is 4. The van der Waals surface area contributed by atoms with Gasteiger partial charge in [-0.15, -0.1) is 0 Å². The Morgan fingerprint density at radius 3 is 2.18 bits per heavy atom. The average molecular weight is 167 g/mol. The molecule has 0 aliphatic heterocycles. The van der Waals surface area contributed by atoms with Crippen LogP contribution in [0, 0.1) is 5.92 Å². The Hall–Kier alpha value is -0.220. The second-order valence-corrected chi connectivity index (χ2v) is 2.98. The van der Waals surface area contributed by atoms with Crippen molar-refractivity contribution in [2.75, 3.05) is 13.6 Å².